The number of rotatable bonds is 8. The fourth-order valence-electron chi connectivity index (χ4n) is 3.40. The molecule has 0 saturated heterocycles. The zero-order chi connectivity index (χ0) is 19.7. The van der Waals surface area contributed by atoms with E-state index >= 15 is 0 Å². The van der Waals surface area contributed by atoms with Crippen molar-refractivity contribution in [3.63, 3.8) is 0 Å². The van der Waals surface area contributed by atoms with Gasteiger partial charge in [-0.25, -0.2) is 9.97 Å². The fourth-order valence-corrected chi connectivity index (χ4v) is 3.40. The van der Waals surface area contributed by atoms with E-state index < -0.39 is 0 Å². The van der Waals surface area contributed by atoms with Gasteiger partial charge in [-0.3, -0.25) is 0 Å². The molecule has 1 aromatic heterocycles. The van der Waals surface area contributed by atoms with E-state index in [1.54, 1.807) is 0 Å². The van der Waals surface area contributed by atoms with Gasteiger partial charge in [-0.15, -0.1) is 0 Å². The normalized spacial score (nSPS) is 10.6. The third-order valence-corrected chi connectivity index (χ3v) is 4.93. The van der Waals surface area contributed by atoms with Crippen molar-refractivity contribution >= 4 is 5.95 Å². The number of anilines is 1. The molecule has 0 saturated carbocycles. The number of hydrogen-bond donors (Lipinski definition) is 0. The molecule has 0 aliphatic carbocycles. The van der Waals surface area contributed by atoms with Crippen LogP contribution in [0.25, 0.3) is 0 Å². The lowest BCUT2D eigenvalue weighted by Gasteiger charge is -2.23. The average molecular weight is 380 g/mol. The van der Waals surface area contributed by atoms with Crippen molar-refractivity contribution in [3.05, 3.63) is 126 Å². The van der Waals surface area contributed by atoms with Crippen LogP contribution in [0.4, 0.5) is 5.95 Å². The van der Waals surface area contributed by atoms with E-state index in [0.29, 0.717) is 0 Å². The van der Waals surface area contributed by atoms with E-state index in [4.69, 9.17) is 4.98 Å². The number of hydrogen-bond acceptors (Lipinski definition) is 3. The number of aromatic nitrogens is 2. The molecular weight excluding hydrogens is 354 g/mol. The van der Waals surface area contributed by atoms with Gasteiger partial charge < -0.3 is 4.90 Å². The third-order valence-electron chi connectivity index (χ3n) is 4.93. The summed E-state index contributed by atoms with van der Waals surface area (Å²) in [4.78, 5) is 11.7. The van der Waals surface area contributed by atoms with E-state index in [0.717, 1.165) is 37.6 Å². The largest absolute Gasteiger partial charge is 0.332 e. The minimum Gasteiger partial charge on any atom is -0.332 e. The monoisotopic (exact) mass is 379 g/mol. The maximum Gasteiger partial charge on any atom is 0.226 e. The number of benzene rings is 3. The Bertz CT molecular complexity index is 960. The molecule has 4 rings (SSSR count). The van der Waals surface area contributed by atoms with E-state index in [1.165, 1.54) is 16.7 Å². The van der Waals surface area contributed by atoms with Crippen LogP contribution in [0.5, 0.6) is 0 Å². The van der Waals surface area contributed by atoms with Crippen molar-refractivity contribution in [2.75, 3.05) is 4.90 Å². The van der Waals surface area contributed by atoms with Gasteiger partial charge in [0.05, 0.1) is 0 Å². The summed E-state index contributed by atoms with van der Waals surface area (Å²) in [5.74, 6) is 0.781. The highest BCUT2D eigenvalue weighted by Crippen LogP contribution is 2.17. The third kappa shape index (κ3) is 5.52. The molecule has 144 valence electrons. The van der Waals surface area contributed by atoms with Crippen LogP contribution >= 0.6 is 0 Å². The molecule has 0 atom stereocenters. The quantitative estimate of drug-likeness (QED) is 0.406. The Morgan fingerprint density at radius 3 is 1.62 bits per heavy atom. The molecule has 4 aromatic rings. The van der Waals surface area contributed by atoms with Crippen molar-refractivity contribution in [1.82, 2.24) is 9.97 Å². The maximum absolute atomic E-state index is 4.90. The molecule has 3 heteroatoms. The predicted molar refractivity (Wildman–Crippen MR) is 119 cm³/mol. The summed E-state index contributed by atoms with van der Waals surface area (Å²) in [5.41, 5.74) is 4.91. The van der Waals surface area contributed by atoms with Crippen LogP contribution in [0, 0.1) is 0 Å². The van der Waals surface area contributed by atoms with Crippen LogP contribution < -0.4 is 4.90 Å². The molecule has 0 unspecified atom stereocenters. The highest BCUT2D eigenvalue weighted by molar-refractivity contribution is 5.35. The van der Waals surface area contributed by atoms with Gasteiger partial charge in [0.2, 0.25) is 5.95 Å². The minimum absolute atomic E-state index is 0.776. The Morgan fingerprint density at radius 1 is 0.552 bits per heavy atom. The first kappa shape index (κ1) is 18.9. The standard InChI is InChI=1S/C26H25N3/c1-4-10-22(11-5-1)16-17-25-18-19-27-26(28-25)29(20-23-12-6-2-7-13-23)21-24-14-8-3-9-15-24/h1-15,18-19H,16-17,20-21H2. The van der Waals surface area contributed by atoms with Gasteiger partial charge in [-0.1, -0.05) is 91.0 Å². The van der Waals surface area contributed by atoms with Crippen molar-refractivity contribution < 1.29 is 0 Å². The smallest absolute Gasteiger partial charge is 0.226 e. The summed E-state index contributed by atoms with van der Waals surface area (Å²) < 4.78 is 0. The summed E-state index contributed by atoms with van der Waals surface area (Å²) in [5, 5.41) is 0. The first-order valence-electron chi connectivity index (χ1n) is 10.1. The second kappa shape index (κ2) is 9.65. The molecule has 0 aliphatic rings. The van der Waals surface area contributed by atoms with Gasteiger partial charge >= 0.3 is 0 Å². The van der Waals surface area contributed by atoms with E-state index in [-0.39, 0.29) is 0 Å². The molecular formula is C26H25N3. The van der Waals surface area contributed by atoms with Crippen molar-refractivity contribution in [2.45, 2.75) is 25.9 Å². The van der Waals surface area contributed by atoms with Crippen LogP contribution in [0.3, 0.4) is 0 Å². The summed E-state index contributed by atoms with van der Waals surface area (Å²) in [7, 11) is 0. The van der Waals surface area contributed by atoms with E-state index in [9.17, 15) is 0 Å². The Balaban J connectivity index is 1.54. The van der Waals surface area contributed by atoms with Crippen molar-refractivity contribution in [1.29, 1.82) is 0 Å². The summed E-state index contributed by atoms with van der Waals surface area (Å²) in [6.45, 7) is 1.55. The molecule has 0 bridgehead atoms. The summed E-state index contributed by atoms with van der Waals surface area (Å²) in [6, 6.07) is 33.6. The Hall–Kier alpha value is -3.46. The summed E-state index contributed by atoms with van der Waals surface area (Å²) >= 11 is 0. The SMILES string of the molecule is c1ccc(CCc2ccnc(N(Cc3ccccc3)Cc3ccccc3)n2)cc1. The van der Waals surface area contributed by atoms with E-state index in [2.05, 4.69) is 88.7 Å². The molecule has 0 fully saturated rings. The predicted octanol–water partition coefficient (Wildman–Crippen LogP) is 5.47. The molecule has 1 heterocycles. The van der Waals surface area contributed by atoms with Crippen LogP contribution in [0.15, 0.2) is 103 Å². The lowest BCUT2D eigenvalue weighted by Crippen LogP contribution is -2.24. The maximum atomic E-state index is 4.90. The zero-order valence-corrected chi connectivity index (χ0v) is 16.5. The second-order valence-electron chi connectivity index (χ2n) is 7.16. The van der Waals surface area contributed by atoms with Gasteiger partial charge in [0.1, 0.15) is 0 Å². The molecule has 0 spiro atoms. The Kier molecular flexibility index (Phi) is 6.28. The van der Waals surface area contributed by atoms with Crippen LogP contribution in [0.2, 0.25) is 0 Å². The van der Waals surface area contributed by atoms with E-state index in [1.807, 2.05) is 24.4 Å². The van der Waals surface area contributed by atoms with Gasteiger partial charge in [0.15, 0.2) is 0 Å². The van der Waals surface area contributed by atoms with Gasteiger partial charge in [0.25, 0.3) is 0 Å². The van der Waals surface area contributed by atoms with Crippen LogP contribution in [-0.2, 0) is 25.9 Å². The highest BCUT2D eigenvalue weighted by Gasteiger charge is 2.12. The molecule has 0 N–H and O–H groups in total. The van der Waals surface area contributed by atoms with Crippen LogP contribution in [-0.4, -0.2) is 9.97 Å². The first-order chi connectivity index (χ1) is 14.4. The lowest BCUT2D eigenvalue weighted by molar-refractivity contribution is 0.753. The topological polar surface area (TPSA) is 29.0 Å². The molecule has 3 aromatic carbocycles. The Morgan fingerprint density at radius 2 is 1.07 bits per heavy atom. The minimum atomic E-state index is 0.776. The fraction of sp³-hybridized carbons (Fsp3) is 0.154. The molecule has 3 nitrogen and oxygen atoms in total. The van der Waals surface area contributed by atoms with Gasteiger partial charge in [-0.05, 0) is 35.6 Å². The molecule has 29 heavy (non-hydrogen) atoms. The first-order valence-corrected chi connectivity index (χ1v) is 10.1. The van der Waals surface area contributed by atoms with Crippen molar-refractivity contribution in [2.24, 2.45) is 0 Å². The lowest BCUT2D eigenvalue weighted by atomic mass is 10.1. The molecule has 0 radical (unpaired) electrons. The summed E-state index contributed by atoms with van der Waals surface area (Å²) in [6.07, 6.45) is 3.77. The molecule has 0 amide bonds. The highest BCUT2D eigenvalue weighted by atomic mass is 15.2. The second-order valence-corrected chi connectivity index (χ2v) is 7.16. The number of nitrogens with zero attached hydrogens (tertiary/aromatic N) is 3. The zero-order valence-electron chi connectivity index (χ0n) is 16.5. The van der Waals surface area contributed by atoms with Crippen LogP contribution in [0.1, 0.15) is 22.4 Å². The van der Waals surface area contributed by atoms with Gasteiger partial charge in [-0.2, -0.15) is 0 Å². The molecule has 0 aliphatic heterocycles. The number of aryl methyl sites for hydroxylation is 2. The van der Waals surface area contributed by atoms with Gasteiger partial charge in [0, 0.05) is 25.0 Å². The average Bonchev–Trinajstić information content (AvgIpc) is 2.80. The Labute approximate surface area is 172 Å². The van der Waals surface area contributed by atoms with Crippen molar-refractivity contribution in [3.8, 4) is 0 Å².